The summed E-state index contributed by atoms with van der Waals surface area (Å²) in [7, 11) is -3.68. The monoisotopic (exact) mass is 331 g/mol. The lowest BCUT2D eigenvalue weighted by Gasteiger charge is -2.14. The normalized spacial score (nSPS) is 12.7. The van der Waals surface area contributed by atoms with Gasteiger partial charge in [-0.3, -0.25) is 4.79 Å². The average molecular weight is 331 g/mol. The molecule has 0 bridgehead atoms. The molecule has 0 heterocycles. The Morgan fingerprint density at radius 2 is 1.70 bits per heavy atom. The van der Waals surface area contributed by atoms with E-state index in [1.54, 1.807) is 12.1 Å². The quantitative estimate of drug-likeness (QED) is 0.916. The van der Waals surface area contributed by atoms with Crippen LogP contribution in [0.1, 0.15) is 23.6 Å². The maximum Gasteiger partial charge on any atom is 0.238 e. The first-order chi connectivity index (χ1) is 10.8. The SMILES string of the molecule is Cc1ccc(CNC(=O)C(C)S(=O)(=O)c2cccc(C)c2)cc1. The lowest BCUT2D eigenvalue weighted by atomic mass is 10.1. The zero-order chi connectivity index (χ0) is 17.0. The predicted molar refractivity (Wildman–Crippen MR) is 90.9 cm³/mol. The molecule has 2 aromatic rings. The van der Waals surface area contributed by atoms with E-state index in [2.05, 4.69) is 5.32 Å². The molecule has 0 saturated carbocycles. The first-order valence-corrected chi connectivity index (χ1v) is 8.99. The largest absolute Gasteiger partial charge is 0.351 e. The van der Waals surface area contributed by atoms with Crippen LogP contribution >= 0.6 is 0 Å². The summed E-state index contributed by atoms with van der Waals surface area (Å²) >= 11 is 0. The second-order valence-electron chi connectivity index (χ2n) is 5.71. The van der Waals surface area contributed by atoms with Crippen LogP contribution in [0.2, 0.25) is 0 Å². The number of aryl methyl sites for hydroxylation is 2. The topological polar surface area (TPSA) is 63.2 Å². The van der Waals surface area contributed by atoms with Crippen molar-refractivity contribution in [3.63, 3.8) is 0 Å². The second-order valence-corrected chi connectivity index (χ2v) is 7.98. The first-order valence-electron chi connectivity index (χ1n) is 7.44. The van der Waals surface area contributed by atoms with Crippen LogP contribution in [0.25, 0.3) is 0 Å². The smallest absolute Gasteiger partial charge is 0.238 e. The number of benzene rings is 2. The molecule has 1 amide bonds. The minimum Gasteiger partial charge on any atom is -0.351 e. The van der Waals surface area contributed by atoms with Gasteiger partial charge in [0.15, 0.2) is 9.84 Å². The van der Waals surface area contributed by atoms with Crippen LogP contribution < -0.4 is 5.32 Å². The predicted octanol–water partition coefficient (Wildman–Crippen LogP) is 2.78. The van der Waals surface area contributed by atoms with Crippen molar-refractivity contribution in [2.24, 2.45) is 0 Å². The van der Waals surface area contributed by atoms with Crippen molar-refractivity contribution in [3.8, 4) is 0 Å². The molecule has 0 saturated heterocycles. The van der Waals surface area contributed by atoms with Gasteiger partial charge in [0, 0.05) is 6.54 Å². The molecular formula is C18H21NO3S. The molecule has 0 aromatic heterocycles. The molecular weight excluding hydrogens is 310 g/mol. The number of hydrogen-bond donors (Lipinski definition) is 1. The van der Waals surface area contributed by atoms with E-state index in [9.17, 15) is 13.2 Å². The lowest BCUT2D eigenvalue weighted by molar-refractivity contribution is -0.120. The maximum atomic E-state index is 12.5. The van der Waals surface area contributed by atoms with Gasteiger partial charge in [-0.1, -0.05) is 42.0 Å². The molecule has 0 aliphatic heterocycles. The van der Waals surface area contributed by atoms with Gasteiger partial charge >= 0.3 is 0 Å². The average Bonchev–Trinajstić information content (AvgIpc) is 2.53. The summed E-state index contributed by atoms with van der Waals surface area (Å²) < 4.78 is 25.0. The van der Waals surface area contributed by atoms with Crippen LogP contribution in [0.3, 0.4) is 0 Å². The number of carbonyl (C=O) groups is 1. The summed E-state index contributed by atoms with van der Waals surface area (Å²) in [5.41, 5.74) is 2.91. The lowest BCUT2D eigenvalue weighted by Crippen LogP contribution is -2.37. The summed E-state index contributed by atoms with van der Waals surface area (Å²) in [6.07, 6.45) is 0. The first kappa shape index (κ1) is 17.2. The number of amides is 1. The fraction of sp³-hybridized carbons (Fsp3) is 0.278. The number of rotatable bonds is 5. The molecule has 5 heteroatoms. The highest BCUT2D eigenvalue weighted by Crippen LogP contribution is 2.17. The van der Waals surface area contributed by atoms with Crippen molar-refractivity contribution in [1.29, 1.82) is 0 Å². The molecule has 0 radical (unpaired) electrons. The fourth-order valence-electron chi connectivity index (χ4n) is 2.18. The van der Waals surface area contributed by atoms with Gasteiger partial charge in [-0.25, -0.2) is 8.42 Å². The fourth-order valence-corrected chi connectivity index (χ4v) is 3.57. The van der Waals surface area contributed by atoms with Gasteiger partial charge in [-0.15, -0.1) is 0 Å². The van der Waals surface area contributed by atoms with E-state index in [4.69, 9.17) is 0 Å². The van der Waals surface area contributed by atoms with Crippen LogP contribution in [0, 0.1) is 13.8 Å². The highest BCUT2D eigenvalue weighted by Gasteiger charge is 2.29. The zero-order valence-electron chi connectivity index (χ0n) is 13.5. The van der Waals surface area contributed by atoms with Crippen LogP contribution in [0.15, 0.2) is 53.4 Å². The summed E-state index contributed by atoms with van der Waals surface area (Å²) in [5, 5.41) is 1.56. The van der Waals surface area contributed by atoms with Gasteiger partial charge < -0.3 is 5.32 Å². The molecule has 0 aliphatic carbocycles. The second kappa shape index (κ2) is 6.96. The van der Waals surface area contributed by atoms with Gasteiger partial charge in [0.2, 0.25) is 5.91 Å². The Bertz CT molecular complexity index is 795. The Labute approximate surface area is 137 Å². The molecule has 2 rings (SSSR count). The molecule has 4 nitrogen and oxygen atoms in total. The van der Waals surface area contributed by atoms with Crippen LogP contribution in [-0.4, -0.2) is 19.6 Å². The van der Waals surface area contributed by atoms with E-state index in [0.717, 1.165) is 16.7 Å². The van der Waals surface area contributed by atoms with Crippen molar-refractivity contribution >= 4 is 15.7 Å². The Balaban J connectivity index is 2.08. The van der Waals surface area contributed by atoms with E-state index in [0.29, 0.717) is 6.54 Å². The molecule has 122 valence electrons. The van der Waals surface area contributed by atoms with Gasteiger partial charge in [0.05, 0.1) is 4.90 Å². The Morgan fingerprint density at radius 1 is 1.04 bits per heavy atom. The molecule has 1 unspecified atom stereocenters. The number of nitrogens with one attached hydrogen (secondary N) is 1. The van der Waals surface area contributed by atoms with Gasteiger partial charge in [-0.05, 0) is 44.0 Å². The third kappa shape index (κ3) is 4.20. The van der Waals surface area contributed by atoms with E-state index in [1.165, 1.54) is 13.0 Å². The molecule has 1 N–H and O–H groups in total. The minimum atomic E-state index is -3.68. The van der Waals surface area contributed by atoms with Crippen LogP contribution in [0.4, 0.5) is 0 Å². The Hall–Kier alpha value is -2.14. The Kier molecular flexibility index (Phi) is 5.21. The zero-order valence-corrected chi connectivity index (χ0v) is 14.4. The van der Waals surface area contributed by atoms with E-state index in [1.807, 2.05) is 44.2 Å². The van der Waals surface area contributed by atoms with Crippen LogP contribution in [-0.2, 0) is 21.2 Å². The molecule has 1 atom stereocenters. The van der Waals surface area contributed by atoms with Gasteiger partial charge in [-0.2, -0.15) is 0 Å². The van der Waals surface area contributed by atoms with E-state index < -0.39 is 21.0 Å². The number of carbonyl (C=O) groups excluding carboxylic acids is 1. The number of hydrogen-bond acceptors (Lipinski definition) is 3. The molecule has 0 fully saturated rings. The van der Waals surface area contributed by atoms with Crippen molar-refractivity contribution < 1.29 is 13.2 Å². The van der Waals surface area contributed by atoms with Gasteiger partial charge in [0.1, 0.15) is 5.25 Å². The standard InChI is InChI=1S/C18H21NO3S/c1-13-7-9-16(10-8-13)12-19-18(20)15(3)23(21,22)17-6-4-5-14(2)11-17/h4-11,15H,12H2,1-3H3,(H,19,20). The van der Waals surface area contributed by atoms with Crippen molar-refractivity contribution in [1.82, 2.24) is 5.32 Å². The molecule has 0 spiro atoms. The Morgan fingerprint density at radius 3 is 2.30 bits per heavy atom. The van der Waals surface area contributed by atoms with Gasteiger partial charge in [0.25, 0.3) is 0 Å². The maximum absolute atomic E-state index is 12.5. The highest BCUT2D eigenvalue weighted by atomic mass is 32.2. The highest BCUT2D eigenvalue weighted by molar-refractivity contribution is 7.92. The minimum absolute atomic E-state index is 0.176. The molecule has 2 aromatic carbocycles. The summed E-state index contributed by atoms with van der Waals surface area (Å²) in [4.78, 5) is 12.4. The summed E-state index contributed by atoms with van der Waals surface area (Å²) in [6, 6.07) is 14.3. The molecule has 23 heavy (non-hydrogen) atoms. The summed E-state index contributed by atoms with van der Waals surface area (Å²) in [6.45, 7) is 5.54. The van der Waals surface area contributed by atoms with Crippen molar-refractivity contribution in [3.05, 3.63) is 65.2 Å². The summed E-state index contributed by atoms with van der Waals surface area (Å²) in [5.74, 6) is -0.493. The van der Waals surface area contributed by atoms with Crippen LogP contribution in [0.5, 0.6) is 0 Å². The third-order valence-corrected chi connectivity index (χ3v) is 5.80. The van der Waals surface area contributed by atoms with Crippen molar-refractivity contribution in [2.75, 3.05) is 0 Å². The van der Waals surface area contributed by atoms with Crippen molar-refractivity contribution in [2.45, 2.75) is 37.5 Å². The third-order valence-electron chi connectivity index (χ3n) is 3.74. The van der Waals surface area contributed by atoms with E-state index in [-0.39, 0.29) is 4.90 Å². The molecule has 0 aliphatic rings. The van der Waals surface area contributed by atoms with E-state index >= 15 is 0 Å². The number of sulfone groups is 1.